The van der Waals surface area contributed by atoms with Crippen LogP contribution in [0.4, 0.5) is 10.1 Å². The summed E-state index contributed by atoms with van der Waals surface area (Å²) in [5.74, 6) is 0.672. The van der Waals surface area contributed by atoms with Crippen LogP contribution in [0.2, 0.25) is 15.1 Å². The van der Waals surface area contributed by atoms with Crippen molar-refractivity contribution in [2.45, 2.75) is 56.0 Å². The third-order valence-electron chi connectivity index (χ3n) is 5.08. The van der Waals surface area contributed by atoms with Gasteiger partial charge in [0.2, 0.25) is 0 Å². The summed E-state index contributed by atoms with van der Waals surface area (Å²) in [7, 11) is 0. The Morgan fingerprint density at radius 3 is 2.48 bits per heavy atom. The second-order valence-electron chi connectivity index (χ2n) is 7.09. The molecule has 2 aromatic carbocycles. The number of halogens is 4. The highest BCUT2D eigenvalue weighted by Gasteiger charge is 2.20. The summed E-state index contributed by atoms with van der Waals surface area (Å²) < 4.78 is 16.7. The Bertz CT molecular complexity index is 763. The van der Waals surface area contributed by atoms with Gasteiger partial charge < -0.3 is 4.72 Å². The van der Waals surface area contributed by atoms with E-state index in [4.69, 9.17) is 34.8 Å². The third-order valence-corrected chi connectivity index (χ3v) is 6.86. The quantitative estimate of drug-likeness (QED) is 0.427. The zero-order chi connectivity index (χ0) is 19.2. The van der Waals surface area contributed by atoms with Crippen LogP contribution in [0.15, 0.2) is 41.3 Å². The lowest BCUT2D eigenvalue weighted by atomic mass is 9.84. The van der Waals surface area contributed by atoms with Crippen LogP contribution in [0.5, 0.6) is 0 Å². The molecule has 0 radical (unpaired) electrons. The van der Waals surface area contributed by atoms with Crippen LogP contribution in [0.3, 0.4) is 0 Å². The molecule has 1 aliphatic rings. The molecule has 0 amide bonds. The van der Waals surface area contributed by atoms with Gasteiger partial charge in [0.15, 0.2) is 0 Å². The van der Waals surface area contributed by atoms with Crippen LogP contribution in [-0.2, 0) is 6.42 Å². The molecule has 0 aliphatic heterocycles. The number of alkyl halides is 1. The van der Waals surface area contributed by atoms with E-state index in [9.17, 15) is 4.39 Å². The van der Waals surface area contributed by atoms with E-state index >= 15 is 0 Å². The number of hydrogen-bond acceptors (Lipinski definition) is 2. The minimum absolute atomic E-state index is 0.540. The molecule has 2 aromatic rings. The molecule has 0 saturated heterocycles. The average molecular weight is 447 g/mol. The Morgan fingerprint density at radius 1 is 0.963 bits per heavy atom. The van der Waals surface area contributed by atoms with E-state index in [1.54, 1.807) is 6.07 Å². The number of anilines is 1. The van der Waals surface area contributed by atoms with E-state index in [0.29, 0.717) is 21.0 Å². The topological polar surface area (TPSA) is 12.0 Å². The number of benzene rings is 2. The summed E-state index contributed by atoms with van der Waals surface area (Å²) >= 11 is 19.7. The maximum absolute atomic E-state index is 13.3. The molecule has 1 fully saturated rings. The monoisotopic (exact) mass is 445 g/mol. The first-order valence-corrected chi connectivity index (χ1v) is 11.3. The van der Waals surface area contributed by atoms with Crippen LogP contribution >= 0.6 is 46.8 Å². The molecule has 27 heavy (non-hydrogen) atoms. The minimum Gasteiger partial charge on any atom is -0.325 e. The molecule has 0 aromatic heterocycles. The lowest BCUT2D eigenvalue weighted by Crippen LogP contribution is -2.15. The average Bonchev–Trinajstić information content (AvgIpc) is 2.66. The Balaban J connectivity index is 1.56. The molecule has 0 atom stereocenters. The van der Waals surface area contributed by atoms with Crippen molar-refractivity contribution < 1.29 is 4.39 Å². The summed E-state index contributed by atoms with van der Waals surface area (Å²) in [6, 6.07) is 11.5. The predicted molar refractivity (Wildman–Crippen MR) is 117 cm³/mol. The molecule has 0 unspecified atom stereocenters. The maximum atomic E-state index is 13.3. The second kappa shape index (κ2) is 10.2. The highest BCUT2D eigenvalue weighted by molar-refractivity contribution is 8.00. The molecule has 1 saturated carbocycles. The Kier molecular flexibility index (Phi) is 8.01. The molecular formula is C21H23Cl3FNS. The van der Waals surface area contributed by atoms with Gasteiger partial charge in [-0.1, -0.05) is 47.3 Å². The minimum atomic E-state index is -0.577. The van der Waals surface area contributed by atoms with Gasteiger partial charge in [-0.25, -0.2) is 4.39 Å². The molecule has 1 nitrogen and oxygen atoms in total. The van der Waals surface area contributed by atoms with Crippen LogP contribution in [0.25, 0.3) is 0 Å². The highest BCUT2D eigenvalue weighted by Crippen LogP contribution is 2.33. The molecule has 3 rings (SSSR count). The summed E-state index contributed by atoms with van der Waals surface area (Å²) in [6.45, 7) is 0. The first kappa shape index (κ1) is 21.1. The highest BCUT2D eigenvalue weighted by atomic mass is 35.5. The third kappa shape index (κ3) is 6.45. The van der Waals surface area contributed by atoms with Crippen molar-refractivity contribution in [3.8, 4) is 0 Å². The van der Waals surface area contributed by atoms with Gasteiger partial charge in [-0.15, -0.1) is 0 Å². The van der Waals surface area contributed by atoms with E-state index < -0.39 is 6.17 Å². The molecule has 0 bridgehead atoms. The summed E-state index contributed by atoms with van der Waals surface area (Å²) in [4.78, 5) is 0.985. The van der Waals surface area contributed by atoms with Crippen molar-refractivity contribution in [2.75, 3.05) is 4.72 Å². The number of nitrogens with one attached hydrogen (secondary N) is 1. The van der Waals surface area contributed by atoms with Gasteiger partial charge in [0.05, 0.1) is 10.0 Å². The van der Waals surface area contributed by atoms with Crippen LogP contribution in [-0.4, -0.2) is 6.17 Å². The molecule has 1 aliphatic carbocycles. The normalized spacial score (nSPS) is 19.9. The standard InChI is InChI=1S/C21H23Cl3FNS/c22-16-7-6-15(3-1-2-14-4-8-17(25)9-5-14)21(12-16)26-27-18-10-11-19(23)20(24)13-18/h6-7,10-14,17,26H,1-5,8-9H2. The molecule has 146 valence electrons. The predicted octanol–water partition coefficient (Wildman–Crippen LogP) is 8.62. The SMILES string of the molecule is FC1CCC(CCCc2ccc(Cl)cc2NSc2ccc(Cl)c(Cl)c2)CC1. The first-order valence-electron chi connectivity index (χ1n) is 9.31. The smallest absolute Gasteiger partial charge is 0.100 e. The summed E-state index contributed by atoms with van der Waals surface area (Å²) in [5.41, 5.74) is 2.26. The Labute approximate surface area is 180 Å². The molecule has 0 spiro atoms. The van der Waals surface area contributed by atoms with E-state index in [1.165, 1.54) is 17.5 Å². The van der Waals surface area contributed by atoms with Gasteiger partial charge >= 0.3 is 0 Å². The molecule has 0 heterocycles. The van der Waals surface area contributed by atoms with Crippen molar-refractivity contribution in [1.29, 1.82) is 0 Å². The lowest BCUT2D eigenvalue weighted by molar-refractivity contribution is 0.200. The van der Waals surface area contributed by atoms with Gasteiger partial charge in [0.1, 0.15) is 6.17 Å². The lowest BCUT2D eigenvalue weighted by Gasteiger charge is -2.24. The fourth-order valence-corrected chi connectivity index (χ4v) is 4.77. The fraction of sp³-hybridized carbons (Fsp3) is 0.429. The van der Waals surface area contributed by atoms with Crippen LogP contribution in [0, 0.1) is 5.92 Å². The van der Waals surface area contributed by atoms with E-state index in [1.807, 2.05) is 24.3 Å². The largest absolute Gasteiger partial charge is 0.325 e. The zero-order valence-corrected chi connectivity index (χ0v) is 18.1. The Hall–Kier alpha value is -0.610. The fourth-order valence-electron chi connectivity index (χ4n) is 3.51. The maximum Gasteiger partial charge on any atom is 0.100 e. The van der Waals surface area contributed by atoms with Gasteiger partial charge in [-0.05, 0) is 92.3 Å². The van der Waals surface area contributed by atoms with E-state index in [0.717, 1.165) is 55.5 Å². The molecule has 1 N–H and O–H groups in total. The number of hydrogen-bond donors (Lipinski definition) is 1. The summed E-state index contributed by atoms with van der Waals surface area (Å²) in [6.07, 6.45) is 6.20. The summed E-state index contributed by atoms with van der Waals surface area (Å²) in [5, 5.41) is 1.79. The van der Waals surface area contributed by atoms with E-state index in [-0.39, 0.29) is 0 Å². The molecular weight excluding hydrogens is 424 g/mol. The van der Waals surface area contributed by atoms with Crippen LogP contribution < -0.4 is 4.72 Å². The van der Waals surface area contributed by atoms with Crippen LogP contribution in [0.1, 0.15) is 44.1 Å². The second-order valence-corrected chi connectivity index (χ2v) is 9.22. The van der Waals surface area contributed by atoms with Gasteiger partial charge in [0, 0.05) is 15.6 Å². The zero-order valence-electron chi connectivity index (χ0n) is 15.0. The Morgan fingerprint density at radius 2 is 1.74 bits per heavy atom. The van der Waals surface area contributed by atoms with Crippen molar-refractivity contribution in [3.05, 3.63) is 57.0 Å². The van der Waals surface area contributed by atoms with Crippen molar-refractivity contribution >= 4 is 52.4 Å². The van der Waals surface area contributed by atoms with Gasteiger partial charge in [-0.2, -0.15) is 0 Å². The number of rotatable bonds is 7. The number of aryl methyl sites for hydroxylation is 1. The first-order chi connectivity index (χ1) is 13.0. The van der Waals surface area contributed by atoms with Crippen molar-refractivity contribution in [3.63, 3.8) is 0 Å². The van der Waals surface area contributed by atoms with Gasteiger partial charge in [-0.3, -0.25) is 0 Å². The van der Waals surface area contributed by atoms with E-state index in [2.05, 4.69) is 10.8 Å². The molecule has 6 heteroatoms. The van der Waals surface area contributed by atoms with Crippen molar-refractivity contribution in [2.24, 2.45) is 5.92 Å². The van der Waals surface area contributed by atoms with Gasteiger partial charge in [0.25, 0.3) is 0 Å². The van der Waals surface area contributed by atoms with Crippen molar-refractivity contribution in [1.82, 2.24) is 0 Å².